The predicted octanol–water partition coefficient (Wildman–Crippen LogP) is 3.76. The Morgan fingerprint density at radius 2 is 1.95 bits per heavy atom. The third-order valence-corrected chi connectivity index (χ3v) is 3.75. The van der Waals surface area contributed by atoms with Crippen LogP contribution in [0.2, 0.25) is 5.02 Å². The monoisotopic (exact) mass is 289 g/mol. The summed E-state index contributed by atoms with van der Waals surface area (Å²) >= 11 is 5.96. The smallest absolute Gasteiger partial charge is 0.216 e. The minimum atomic E-state index is 0.616. The zero-order chi connectivity index (χ0) is 13.9. The van der Waals surface area contributed by atoms with Crippen LogP contribution in [-0.2, 0) is 12.8 Å². The molecule has 4 nitrogen and oxygen atoms in total. The van der Waals surface area contributed by atoms with Gasteiger partial charge in [0.1, 0.15) is 0 Å². The lowest BCUT2D eigenvalue weighted by atomic mass is 9.91. The Hall–Kier alpha value is -1.81. The number of halogens is 1. The lowest BCUT2D eigenvalue weighted by Gasteiger charge is -2.21. The molecule has 0 bridgehead atoms. The van der Waals surface area contributed by atoms with Gasteiger partial charge in [0.05, 0.1) is 35.9 Å². The second kappa shape index (κ2) is 5.67. The van der Waals surface area contributed by atoms with Crippen LogP contribution in [-0.4, -0.2) is 17.1 Å². The van der Waals surface area contributed by atoms with Crippen molar-refractivity contribution in [2.45, 2.75) is 25.7 Å². The van der Waals surface area contributed by atoms with E-state index in [1.165, 1.54) is 24.0 Å². The Balaban J connectivity index is 1.97. The van der Waals surface area contributed by atoms with E-state index in [1.54, 1.807) is 19.5 Å². The number of methoxy groups -OCH3 is 1. The highest BCUT2D eigenvalue weighted by Gasteiger charge is 2.18. The lowest BCUT2D eigenvalue weighted by Crippen LogP contribution is -2.09. The van der Waals surface area contributed by atoms with E-state index < -0.39 is 0 Å². The van der Waals surface area contributed by atoms with Gasteiger partial charge in [-0.15, -0.1) is 0 Å². The first-order chi connectivity index (χ1) is 9.78. The fourth-order valence-electron chi connectivity index (χ4n) is 2.64. The quantitative estimate of drug-likeness (QED) is 0.934. The predicted molar refractivity (Wildman–Crippen MR) is 80.0 cm³/mol. The summed E-state index contributed by atoms with van der Waals surface area (Å²) in [5, 5.41) is 3.98. The molecule has 2 heterocycles. The molecular weight excluding hydrogens is 274 g/mol. The molecule has 0 saturated heterocycles. The number of aromatic nitrogens is 2. The molecule has 1 aliphatic carbocycles. The number of ether oxygens (including phenoxy) is 1. The van der Waals surface area contributed by atoms with Gasteiger partial charge in [0.15, 0.2) is 0 Å². The summed E-state index contributed by atoms with van der Waals surface area (Å²) in [5.74, 6) is 0.745. The van der Waals surface area contributed by atoms with Crippen molar-refractivity contribution in [2.75, 3.05) is 12.4 Å². The second-order valence-corrected chi connectivity index (χ2v) is 5.30. The number of hydrogen-bond acceptors (Lipinski definition) is 4. The standard InChI is InChI=1S/C15H16ClN3O/c1-20-15-13-5-3-2-4-12(13)14(9-18-15)19-11-6-10(16)7-17-8-11/h6-9,19H,2-5H2,1H3. The maximum atomic E-state index is 5.96. The van der Waals surface area contributed by atoms with Crippen molar-refractivity contribution in [3.63, 3.8) is 0 Å². The van der Waals surface area contributed by atoms with Crippen molar-refractivity contribution in [3.8, 4) is 5.88 Å². The van der Waals surface area contributed by atoms with Crippen LogP contribution in [0.3, 0.4) is 0 Å². The average molecular weight is 290 g/mol. The third-order valence-electron chi connectivity index (χ3n) is 3.54. The minimum Gasteiger partial charge on any atom is -0.481 e. The molecule has 1 N–H and O–H groups in total. The van der Waals surface area contributed by atoms with Crippen molar-refractivity contribution < 1.29 is 4.74 Å². The van der Waals surface area contributed by atoms with Gasteiger partial charge < -0.3 is 10.1 Å². The molecule has 2 aromatic heterocycles. The van der Waals surface area contributed by atoms with Gasteiger partial charge in [-0.25, -0.2) is 4.98 Å². The van der Waals surface area contributed by atoms with Gasteiger partial charge in [-0.1, -0.05) is 11.6 Å². The number of fused-ring (bicyclic) bond motifs is 1. The number of hydrogen-bond donors (Lipinski definition) is 1. The van der Waals surface area contributed by atoms with E-state index in [2.05, 4.69) is 15.3 Å². The Labute approximate surface area is 123 Å². The Kier molecular flexibility index (Phi) is 3.74. The summed E-state index contributed by atoms with van der Waals surface area (Å²) in [4.78, 5) is 8.48. The minimum absolute atomic E-state index is 0.616. The van der Waals surface area contributed by atoms with Gasteiger partial charge in [0.2, 0.25) is 5.88 Å². The lowest BCUT2D eigenvalue weighted by molar-refractivity contribution is 0.389. The molecule has 2 aromatic rings. The fourth-order valence-corrected chi connectivity index (χ4v) is 2.81. The van der Waals surface area contributed by atoms with Crippen LogP contribution in [0.15, 0.2) is 24.7 Å². The van der Waals surface area contributed by atoms with Crippen molar-refractivity contribution in [1.82, 2.24) is 9.97 Å². The molecule has 0 amide bonds. The Bertz CT molecular complexity index is 631. The van der Waals surface area contributed by atoms with Crippen molar-refractivity contribution >= 4 is 23.0 Å². The topological polar surface area (TPSA) is 47.0 Å². The summed E-state index contributed by atoms with van der Waals surface area (Å²) in [5.41, 5.74) is 4.41. The van der Waals surface area contributed by atoms with E-state index in [1.807, 2.05) is 12.3 Å². The van der Waals surface area contributed by atoms with Crippen LogP contribution >= 0.6 is 11.6 Å². The fraction of sp³-hybridized carbons (Fsp3) is 0.333. The van der Waals surface area contributed by atoms with E-state index >= 15 is 0 Å². The van der Waals surface area contributed by atoms with E-state index in [0.29, 0.717) is 5.02 Å². The number of nitrogens with one attached hydrogen (secondary N) is 1. The van der Waals surface area contributed by atoms with Crippen molar-refractivity contribution in [2.24, 2.45) is 0 Å². The summed E-state index contributed by atoms with van der Waals surface area (Å²) in [6.07, 6.45) is 9.65. The van der Waals surface area contributed by atoms with Crippen LogP contribution in [0, 0.1) is 0 Å². The largest absolute Gasteiger partial charge is 0.481 e. The molecular formula is C15H16ClN3O. The van der Waals surface area contributed by atoms with Gasteiger partial charge in [-0.05, 0) is 37.3 Å². The Morgan fingerprint density at radius 3 is 2.70 bits per heavy atom. The van der Waals surface area contributed by atoms with E-state index in [0.717, 1.165) is 30.1 Å². The molecule has 0 atom stereocenters. The molecule has 0 fully saturated rings. The third kappa shape index (κ3) is 2.56. The molecule has 3 rings (SSSR count). The molecule has 1 aliphatic rings. The highest BCUT2D eigenvalue weighted by molar-refractivity contribution is 6.30. The van der Waals surface area contributed by atoms with E-state index in [9.17, 15) is 0 Å². The van der Waals surface area contributed by atoms with Gasteiger partial charge in [-0.2, -0.15) is 0 Å². The summed E-state index contributed by atoms with van der Waals surface area (Å²) < 4.78 is 5.36. The number of nitrogens with zero attached hydrogens (tertiary/aromatic N) is 2. The molecule has 0 radical (unpaired) electrons. The number of pyridine rings is 2. The first kappa shape index (κ1) is 13.2. The maximum Gasteiger partial charge on any atom is 0.216 e. The van der Waals surface area contributed by atoms with Crippen LogP contribution in [0.4, 0.5) is 11.4 Å². The molecule has 0 unspecified atom stereocenters. The number of rotatable bonds is 3. The Morgan fingerprint density at radius 1 is 1.15 bits per heavy atom. The van der Waals surface area contributed by atoms with Crippen LogP contribution in [0.5, 0.6) is 5.88 Å². The van der Waals surface area contributed by atoms with E-state index in [-0.39, 0.29) is 0 Å². The molecule has 5 heteroatoms. The first-order valence-electron chi connectivity index (χ1n) is 6.70. The van der Waals surface area contributed by atoms with Gasteiger partial charge in [-0.3, -0.25) is 4.98 Å². The highest BCUT2D eigenvalue weighted by atomic mass is 35.5. The summed E-state index contributed by atoms with van der Waals surface area (Å²) in [7, 11) is 1.67. The SMILES string of the molecule is COc1ncc(Nc2cncc(Cl)c2)c2c1CCCC2. The zero-order valence-corrected chi connectivity index (χ0v) is 12.1. The molecule has 0 spiro atoms. The van der Waals surface area contributed by atoms with Crippen molar-refractivity contribution in [3.05, 3.63) is 40.8 Å². The summed E-state index contributed by atoms with van der Waals surface area (Å²) in [6.45, 7) is 0. The van der Waals surface area contributed by atoms with Crippen LogP contribution in [0.1, 0.15) is 24.0 Å². The van der Waals surface area contributed by atoms with Gasteiger partial charge >= 0.3 is 0 Å². The van der Waals surface area contributed by atoms with Crippen LogP contribution in [0.25, 0.3) is 0 Å². The second-order valence-electron chi connectivity index (χ2n) is 4.86. The zero-order valence-electron chi connectivity index (χ0n) is 11.3. The molecule has 0 aliphatic heterocycles. The summed E-state index contributed by atoms with van der Waals surface area (Å²) in [6, 6.07) is 1.86. The normalized spacial score (nSPS) is 13.7. The maximum absolute atomic E-state index is 5.96. The van der Waals surface area contributed by atoms with Gasteiger partial charge in [0.25, 0.3) is 0 Å². The van der Waals surface area contributed by atoms with Crippen molar-refractivity contribution in [1.29, 1.82) is 0 Å². The molecule has 0 saturated carbocycles. The first-order valence-corrected chi connectivity index (χ1v) is 7.08. The van der Waals surface area contributed by atoms with Gasteiger partial charge in [0, 0.05) is 11.8 Å². The molecule has 104 valence electrons. The average Bonchev–Trinajstić information content (AvgIpc) is 2.48. The highest BCUT2D eigenvalue weighted by Crippen LogP contribution is 2.34. The molecule has 20 heavy (non-hydrogen) atoms. The van der Waals surface area contributed by atoms with Crippen LogP contribution < -0.4 is 10.1 Å². The molecule has 0 aromatic carbocycles. The van der Waals surface area contributed by atoms with E-state index in [4.69, 9.17) is 16.3 Å². The number of anilines is 2.